The van der Waals surface area contributed by atoms with Gasteiger partial charge in [0.2, 0.25) is 0 Å². The number of anilines is 1. The molecule has 0 N–H and O–H groups in total. The zero-order valence-corrected chi connectivity index (χ0v) is 17.1. The van der Waals surface area contributed by atoms with Crippen LogP contribution in [0, 0.1) is 5.92 Å². The number of likely N-dealkylation sites (tertiary alicyclic amines) is 2. The van der Waals surface area contributed by atoms with Crippen molar-refractivity contribution in [2.24, 2.45) is 5.92 Å². The first-order valence-corrected chi connectivity index (χ1v) is 10.3. The lowest BCUT2D eigenvalue weighted by molar-refractivity contribution is 0.0541. The van der Waals surface area contributed by atoms with Crippen molar-refractivity contribution < 1.29 is 9.53 Å². The molecule has 1 aromatic heterocycles. The Kier molecular flexibility index (Phi) is 7.07. The largest absolute Gasteiger partial charge is 0.383 e. The summed E-state index contributed by atoms with van der Waals surface area (Å²) in [5, 5.41) is 0. The lowest BCUT2D eigenvalue weighted by atomic mass is 9.95. The third kappa shape index (κ3) is 5.20. The normalized spacial score (nSPS) is 22.0. The van der Waals surface area contributed by atoms with Gasteiger partial charge in [0.25, 0.3) is 5.91 Å². The molecule has 6 heteroatoms. The molecule has 3 heterocycles. The molecule has 2 aliphatic heterocycles. The predicted octanol–water partition coefficient (Wildman–Crippen LogP) is 2.50. The molecule has 1 atom stereocenters. The minimum absolute atomic E-state index is 0.110. The molecular formula is C21H34N4O2. The van der Waals surface area contributed by atoms with E-state index in [1.807, 2.05) is 29.0 Å². The molecule has 2 saturated heterocycles. The number of piperidine rings is 2. The molecule has 0 saturated carbocycles. The van der Waals surface area contributed by atoms with E-state index in [0.29, 0.717) is 18.2 Å². The number of amides is 1. The van der Waals surface area contributed by atoms with Gasteiger partial charge in [0.1, 0.15) is 5.82 Å². The van der Waals surface area contributed by atoms with Crippen LogP contribution in [-0.2, 0) is 4.74 Å². The molecule has 0 radical (unpaired) electrons. The van der Waals surface area contributed by atoms with Crippen molar-refractivity contribution in [2.45, 2.75) is 38.6 Å². The average molecular weight is 375 g/mol. The third-order valence-electron chi connectivity index (χ3n) is 5.97. The van der Waals surface area contributed by atoms with E-state index in [-0.39, 0.29) is 5.91 Å². The van der Waals surface area contributed by atoms with Gasteiger partial charge in [-0.2, -0.15) is 0 Å². The summed E-state index contributed by atoms with van der Waals surface area (Å²) >= 11 is 0. The minimum Gasteiger partial charge on any atom is -0.383 e. The van der Waals surface area contributed by atoms with Gasteiger partial charge in [-0.05, 0) is 50.3 Å². The van der Waals surface area contributed by atoms with Gasteiger partial charge >= 0.3 is 0 Å². The molecule has 2 aliphatic rings. The van der Waals surface area contributed by atoms with Crippen molar-refractivity contribution in [3.63, 3.8) is 0 Å². The van der Waals surface area contributed by atoms with Gasteiger partial charge in [-0.25, -0.2) is 4.98 Å². The van der Waals surface area contributed by atoms with E-state index < -0.39 is 0 Å². The van der Waals surface area contributed by atoms with Gasteiger partial charge in [-0.1, -0.05) is 6.92 Å². The van der Waals surface area contributed by atoms with E-state index in [1.165, 1.54) is 25.9 Å². The fourth-order valence-electron chi connectivity index (χ4n) is 4.26. The summed E-state index contributed by atoms with van der Waals surface area (Å²) in [5.74, 6) is 1.78. The third-order valence-corrected chi connectivity index (χ3v) is 5.97. The van der Waals surface area contributed by atoms with Gasteiger partial charge in [0.15, 0.2) is 0 Å². The smallest absolute Gasteiger partial charge is 0.255 e. The molecule has 1 unspecified atom stereocenters. The van der Waals surface area contributed by atoms with Crippen molar-refractivity contribution in [1.29, 1.82) is 0 Å². The van der Waals surface area contributed by atoms with Gasteiger partial charge < -0.3 is 14.5 Å². The SMILES string of the molecule is COCCN(C)c1ccc(C(=O)N2CCC(N3CCCC(C)C3)CC2)cn1. The van der Waals surface area contributed by atoms with Crippen LogP contribution in [0.3, 0.4) is 0 Å². The maximum atomic E-state index is 12.8. The first-order valence-electron chi connectivity index (χ1n) is 10.3. The van der Waals surface area contributed by atoms with Crippen LogP contribution in [0.2, 0.25) is 0 Å². The maximum Gasteiger partial charge on any atom is 0.255 e. The number of pyridine rings is 1. The Labute approximate surface area is 163 Å². The first-order chi connectivity index (χ1) is 13.1. The lowest BCUT2D eigenvalue weighted by Crippen LogP contribution is -2.49. The highest BCUT2D eigenvalue weighted by atomic mass is 16.5. The fraction of sp³-hybridized carbons (Fsp3) is 0.714. The summed E-state index contributed by atoms with van der Waals surface area (Å²) in [7, 11) is 3.67. The second-order valence-corrected chi connectivity index (χ2v) is 8.09. The molecule has 0 bridgehead atoms. The van der Waals surface area contributed by atoms with Crippen molar-refractivity contribution >= 4 is 11.7 Å². The zero-order chi connectivity index (χ0) is 19.2. The van der Waals surface area contributed by atoms with Crippen molar-refractivity contribution in [1.82, 2.24) is 14.8 Å². The topological polar surface area (TPSA) is 48.9 Å². The van der Waals surface area contributed by atoms with Gasteiger partial charge in [0.05, 0.1) is 12.2 Å². The van der Waals surface area contributed by atoms with Crippen molar-refractivity contribution in [3.05, 3.63) is 23.9 Å². The van der Waals surface area contributed by atoms with E-state index in [4.69, 9.17) is 4.74 Å². The van der Waals surface area contributed by atoms with Crippen LogP contribution in [0.5, 0.6) is 0 Å². The number of hydrogen-bond acceptors (Lipinski definition) is 5. The Morgan fingerprint density at radius 1 is 1.26 bits per heavy atom. The minimum atomic E-state index is 0.110. The van der Waals surface area contributed by atoms with Crippen LogP contribution in [-0.4, -0.2) is 80.2 Å². The maximum absolute atomic E-state index is 12.8. The number of ether oxygens (including phenoxy) is 1. The second kappa shape index (κ2) is 9.51. The highest BCUT2D eigenvalue weighted by Gasteiger charge is 2.29. The molecule has 0 spiro atoms. The highest BCUT2D eigenvalue weighted by Crippen LogP contribution is 2.24. The summed E-state index contributed by atoms with van der Waals surface area (Å²) in [4.78, 5) is 24.0. The van der Waals surface area contributed by atoms with Crippen molar-refractivity contribution in [2.75, 3.05) is 58.4 Å². The molecule has 1 amide bonds. The van der Waals surface area contributed by atoms with Crippen LogP contribution in [0.15, 0.2) is 18.3 Å². The molecule has 0 aromatic carbocycles. The molecule has 2 fully saturated rings. The number of rotatable bonds is 6. The van der Waals surface area contributed by atoms with Crippen LogP contribution in [0.1, 0.15) is 43.0 Å². The van der Waals surface area contributed by atoms with E-state index in [0.717, 1.165) is 44.2 Å². The van der Waals surface area contributed by atoms with Crippen molar-refractivity contribution in [3.8, 4) is 0 Å². The van der Waals surface area contributed by atoms with E-state index in [1.54, 1.807) is 13.3 Å². The summed E-state index contributed by atoms with van der Waals surface area (Å²) in [6, 6.07) is 4.46. The number of hydrogen-bond donors (Lipinski definition) is 0. The number of carbonyl (C=O) groups excluding carboxylic acids is 1. The number of carbonyl (C=O) groups is 1. The molecule has 1 aromatic rings. The second-order valence-electron chi connectivity index (χ2n) is 8.09. The van der Waals surface area contributed by atoms with E-state index >= 15 is 0 Å². The van der Waals surface area contributed by atoms with Crippen LogP contribution in [0.4, 0.5) is 5.82 Å². The molecule has 6 nitrogen and oxygen atoms in total. The van der Waals surface area contributed by atoms with E-state index in [9.17, 15) is 4.79 Å². The van der Waals surface area contributed by atoms with Gasteiger partial charge in [0, 0.05) is 52.6 Å². The average Bonchev–Trinajstić information content (AvgIpc) is 2.71. The van der Waals surface area contributed by atoms with Crippen LogP contribution in [0.25, 0.3) is 0 Å². The standard InChI is InChI=1S/C21H34N4O2/c1-17-5-4-10-25(16-17)19-8-11-24(12-9-19)21(26)18-6-7-20(22-15-18)23(2)13-14-27-3/h6-7,15,17,19H,4-5,8-14,16H2,1-3H3. The summed E-state index contributed by atoms with van der Waals surface area (Å²) in [6.45, 7) is 7.94. The Hall–Kier alpha value is -1.66. The Morgan fingerprint density at radius 3 is 2.67 bits per heavy atom. The molecular weight excluding hydrogens is 340 g/mol. The number of methoxy groups -OCH3 is 1. The monoisotopic (exact) mass is 374 g/mol. The quantitative estimate of drug-likeness (QED) is 0.766. The first kappa shape index (κ1) is 20.1. The number of aromatic nitrogens is 1. The lowest BCUT2D eigenvalue weighted by Gasteiger charge is -2.41. The van der Waals surface area contributed by atoms with Crippen LogP contribution >= 0.6 is 0 Å². The number of nitrogens with zero attached hydrogens (tertiary/aromatic N) is 4. The molecule has 27 heavy (non-hydrogen) atoms. The van der Waals surface area contributed by atoms with Gasteiger partial charge in [-0.15, -0.1) is 0 Å². The summed E-state index contributed by atoms with van der Waals surface area (Å²) in [6.07, 6.45) is 6.56. The summed E-state index contributed by atoms with van der Waals surface area (Å²) < 4.78 is 5.10. The molecule has 3 rings (SSSR count). The summed E-state index contributed by atoms with van der Waals surface area (Å²) in [5.41, 5.74) is 0.684. The van der Waals surface area contributed by atoms with E-state index in [2.05, 4.69) is 16.8 Å². The Bertz CT molecular complexity index is 599. The Morgan fingerprint density at radius 2 is 2.04 bits per heavy atom. The zero-order valence-electron chi connectivity index (χ0n) is 17.1. The molecule has 0 aliphatic carbocycles. The molecule has 150 valence electrons. The Balaban J connectivity index is 1.51. The van der Waals surface area contributed by atoms with Gasteiger partial charge in [-0.3, -0.25) is 9.69 Å². The number of likely N-dealkylation sites (N-methyl/N-ethyl adjacent to an activating group) is 1. The van der Waals surface area contributed by atoms with Crippen LogP contribution < -0.4 is 4.90 Å². The highest BCUT2D eigenvalue weighted by molar-refractivity contribution is 5.94. The predicted molar refractivity (Wildman–Crippen MR) is 108 cm³/mol. The fourth-order valence-corrected chi connectivity index (χ4v) is 4.26.